The summed E-state index contributed by atoms with van der Waals surface area (Å²) in [5.41, 5.74) is 2.54. The lowest BCUT2D eigenvalue weighted by Gasteiger charge is -2.26. The lowest BCUT2D eigenvalue weighted by molar-refractivity contribution is 0.321. The van der Waals surface area contributed by atoms with E-state index in [0.29, 0.717) is 6.04 Å². The van der Waals surface area contributed by atoms with Crippen LogP contribution in [0.25, 0.3) is 0 Å². The van der Waals surface area contributed by atoms with E-state index in [1.807, 2.05) is 6.20 Å². The third kappa shape index (κ3) is 5.32. The molecule has 19 heavy (non-hydrogen) atoms. The Morgan fingerprint density at radius 1 is 1.11 bits per heavy atom. The van der Waals surface area contributed by atoms with Crippen molar-refractivity contribution in [3.8, 4) is 0 Å². The maximum Gasteiger partial charge on any atom is 0.0419 e. The number of aromatic nitrogens is 1. The first-order chi connectivity index (χ1) is 9.24. The normalized spacial score (nSPS) is 12.9. The molecule has 0 aromatic carbocycles. The van der Waals surface area contributed by atoms with Crippen molar-refractivity contribution in [1.29, 1.82) is 0 Å². The van der Waals surface area contributed by atoms with Crippen LogP contribution in [0.2, 0.25) is 0 Å². The highest BCUT2D eigenvalue weighted by Gasteiger charge is 2.19. The molecular weight excluding hydrogens is 232 g/mol. The summed E-state index contributed by atoms with van der Waals surface area (Å²) < 4.78 is 0. The molecule has 0 saturated carbocycles. The molecule has 0 amide bonds. The SMILES string of the molecule is CCCC(CCC)C(Cc1ccc(CC)cn1)NC. The Kier molecular flexibility index (Phi) is 7.73. The zero-order valence-electron chi connectivity index (χ0n) is 13.1. The fourth-order valence-corrected chi connectivity index (χ4v) is 2.80. The second kappa shape index (κ2) is 9.08. The lowest BCUT2D eigenvalue weighted by atomic mass is 9.87. The van der Waals surface area contributed by atoms with Crippen molar-refractivity contribution in [1.82, 2.24) is 10.3 Å². The third-order valence-electron chi connectivity index (χ3n) is 3.98. The number of pyridine rings is 1. The highest BCUT2D eigenvalue weighted by Crippen LogP contribution is 2.20. The summed E-state index contributed by atoms with van der Waals surface area (Å²) in [5, 5.41) is 3.51. The van der Waals surface area contributed by atoms with E-state index in [-0.39, 0.29) is 0 Å². The molecule has 0 bridgehead atoms. The molecule has 2 nitrogen and oxygen atoms in total. The maximum absolute atomic E-state index is 4.60. The van der Waals surface area contributed by atoms with Gasteiger partial charge in [-0.25, -0.2) is 0 Å². The van der Waals surface area contributed by atoms with Gasteiger partial charge in [0.1, 0.15) is 0 Å². The van der Waals surface area contributed by atoms with E-state index in [1.165, 1.54) is 36.9 Å². The molecular formula is C17H30N2. The second-order valence-corrected chi connectivity index (χ2v) is 5.45. The van der Waals surface area contributed by atoms with Crippen LogP contribution in [-0.4, -0.2) is 18.1 Å². The quantitative estimate of drug-likeness (QED) is 0.728. The number of nitrogens with zero attached hydrogens (tertiary/aromatic N) is 1. The molecule has 0 saturated heterocycles. The van der Waals surface area contributed by atoms with Gasteiger partial charge in [0.25, 0.3) is 0 Å². The average Bonchev–Trinajstić information content (AvgIpc) is 2.45. The summed E-state index contributed by atoms with van der Waals surface area (Å²) in [4.78, 5) is 4.60. The standard InChI is InChI=1S/C17H30N2/c1-5-8-15(9-6-2)17(18-4)12-16-11-10-14(7-3)13-19-16/h10-11,13,15,17-18H,5-9,12H2,1-4H3. The predicted octanol–water partition coefficient (Wildman–Crippen LogP) is 3.99. The molecule has 0 radical (unpaired) electrons. The van der Waals surface area contributed by atoms with Crippen molar-refractivity contribution in [2.75, 3.05) is 7.05 Å². The van der Waals surface area contributed by atoms with Crippen LogP contribution in [0.15, 0.2) is 18.3 Å². The molecule has 1 atom stereocenters. The summed E-state index contributed by atoms with van der Waals surface area (Å²) in [6, 6.07) is 4.96. The molecule has 1 heterocycles. The van der Waals surface area contributed by atoms with Crippen molar-refractivity contribution in [3.05, 3.63) is 29.6 Å². The van der Waals surface area contributed by atoms with Gasteiger partial charge in [0, 0.05) is 24.4 Å². The molecule has 1 aromatic heterocycles. The minimum Gasteiger partial charge on any atom is -0.316 e. The van der Waals surface area contributed by atoms with Gasteiger partial charge in [0.05, 0.1) is 0 Å². The average molecular weight is 262 g/mol. The summed E-state index contributed by atoms with van der Waals surface area (Å²) in [6.45, 7) is 6.74. The Balaban J connectivity index is 2.67. The predicted molar refractivity (Wildman–Crippen MR) is 83.5 cm³/mol. The summed E-state index contributed by atoms with van der Waals surface area (Å²) in [5.74, 6) is 0.771. The number of likely N-dealkylation sites (N-methyl/N-ethyl adjacent to an activating group) is 1. The molecule has 1 N–H and O–H groups in total. The minimum absolute atomic E-state index is 0.555. The third-order valence-corrected chi connectivity index (χ3v) is 3.98. The Hall–Kier alpha value is -0.890. The van der Waals surface area contributed by atoms with Gasteiger partial charge in [-0.1, -0.05) is 39.7 Å². The number of hydrogen-bond donors (Lipinski definition) is 1. The maximum atomic E-state index is 4.60. The number of rotatable bonds is 9. The van der Waals surface area contributed by atoms with E-state index in [2.05, 4.69) is 50.3 Å². The van der Waals surface area contributed by atoms with Gasteiger partial charge in [-0.3, -0.25) is 4.98 Å². The van der Waals surface area contributed by atoms with Gasteiger partial charge in [-0.15, -0.1) is 0 Å². The molecule has 0 fully saturated rings. The van der Waals surface area contributed by atoms with Crippen molar-refractivity contribution in [2.45, 2.75) is 65.3 Å². The Labute approximate surface area is 119 Å². The van der Waals surface area contributed by atoms with Crippen LogP contribution in [0.3, 0.4) is 0 Å². The monoisotopic (exact) mass is 262 g/mol. The number of aryl methyl sites for hydroxylation is 1. The van der Waals surface area contributed by atoms with Crippen molar-refractivity contribution >= 4 is 0 Å². The lowest BCUT2D eigenvalue weighted by Crippen LogP contribution is -2.35. The van der Waals surface area contributed by atoms with Crippen LogP contribution in [0.5, 0.6) is 0 Å². The van der Waals surface area contributed by atoms with Crippen molar-refractivity contribution in [2.24, 2.45) is 5.92 Å². The van der Waals surface area contributed by atoms with Crippen LogP contribution in [0, 0.1) is 5.92 Å². The van der Waals surface area contributed by atoms with E-state index in [9.17, 15) is 0 Å². The first-order valence-electron chi connectivity index (χ1n) is 7.86. The van der Waals surface area contributed by atoms with Crippen LogP contribution in [0.4, 0.5) is 0 Å². The van der Waals surface area contributed by atoms with Crippen LogP contribution in [0.1, 0.15) is 57.7 Å². The largest absolute Gasteiger partial charge is 0.316 e. The molecule has 0 aliphatic heterocycles. The zero-order valence-corrected chi connectivity index (χ0v) is 13.1. The van der Waals surface area contributed by atoms with Crippen LogP contribution in [-0.2, 0) is 12.8 Å². The molecule has 108 valence electrons. The first-order valence-corrected chi connectivity index (χ1v) is 7.86. The molecule has 0 aliphatic carbocycles. The molecule has 1 aromatic rings. The second-order valence-electron chi connectivity index (χ2n) is 5.45. The minimum atomic E-state index is 0.555. The van der Waals surface area contributed by atoms with Gasteiger partial charge in [-0.2, -0.15) is 0 Å². The summed E-state index contributed by atoms with van der Waals surface area (Å²) >= 11 is 0. The van der Waals surface area contributed by atoms with E-state index in [1.54, 1.807) is 0 Å². The highest BCUT2D eigenvalue weighted by atomic mass is 14.9. The van der Waals surface area contributed by atoms with E-state index >= 15 is 0 Å². The van der Waals surface area contributed by atoms with E-state index in [4.69, 9.17) is 0 Å². The summed E-state index contributed by atoms with van der Waals surface area (Å²) in [6.07, 6.45) is 9.30. The molecule has 1 unspecified atom stereocenters. The number of nitrogens with one attached hydrogen (secondary N) is 1. The smallest absolute Gasteiger partial charge is 0.0419 e. The van der Waals surface area contributed by atoms with E-state index < -0.39 is 0 Å². The van der Waals surface area contributed by atoms with Crippen LogP contribution < -0.4 is 5.32 Å². The Morgan fingerprint density at radius 3 is 2.21 bits per heavy atom. The molecule has 2 heteroatoms. The van der Waals surface area contributed by atoms with E-state index in [0.717, 1.165) is 18.8 Å². The Morgan fingerprint density at radius 2 is 1.79 bits per heavy atom. The van der Waals surface area contributed by atoms with Gasteiger partial charge >= 0.3 is 0 Å². The topological polar surface area (TPSA) is 24.9 Å². The summed E-state index contributed by atoms with van der Waals surface area (Å²) in [7, 11) is 2.09. The highest BCUT2D eigenvalue weighted by molar-refractivity contribution is 5.14. The van der Waals surface area contributed by atoms with Crippen molar-refractivity contribution < 1.29 is 0 Å². The van der Waals surface area contributed by atoms with Crippen LogP contribution >= 0.6 is 0 Å². The Bertz CT molecular complexity index is 326. The fourth-order valence-electron chi connectivity index (χ4n) is 2.80. The van der Waals surface area contributed by atoms with Crippen molar-refractivity contribution in [3.63, 3.8) is 0 Å². The first kappa shape index (κ1) is 16.2. The van der Waals surface area contributed by atoms with Gasteiger partial charge < -0.3 is 5.32 Å². The zero-order chi connectivity index (χ0) is 14.1. The van der Waals surface area contributed by atoms with Gasteiger partial charge in [0.15, 0.2) is 0 Å². The van der Waals surface area contributed by atoms with Gasteiger partial charge in [0.2, 0.25) is 0 Å². The number of hydrogen-bond acceptors (Lipinski definition) is 2. The van der Waals surface area contributed by atoms with Gasteiger partial charge in [-0.05, 0) is 43.9 Å². The molecule has 1 rings (SSSR count). The molecule has 0 aliphatic rings. The molecule has 0 spiro atoms. The fraction of sp³-hybridized carbons (Fsp3) is 0.706.